The summed E-state index contributed by atoms with van der Waals surface area (Å²) >= 11 is 0. The Balaban J connectivity index is 2.24. The zero-order valence-corrected chi connectivity index (χ0v) is 8.25. The van der Waals surface area contributed by atoms with Crippen LogP contribution in [-0.4, -0.2) is 0 Å². The summed E-state index contributed by atoms with van der Waals surface area (Å²) in [5.41, 5.74) is 2.54. The van der Waals surface area contributed by atoms with E-state index in [1.165, 1.54) is 42.4 Å². The molecule has 0 saturated heterocycles. The Labute approximate surface area is 83.7 Å². The highest BCUT2D eigenvalue weighted by Crippen LogP contribution is 2.30. The second-order valence-electron chi connectivity index (χ2n) is 4.06. The summed E-state index contributed by atoms with van der Waals surface area (Å²) in [4.78, 5) is 0. The van der Waals surface area contributed by atoms with Crippen molar-refractivity contribution >= 4 is 11.0 Å². The van der Waals surface area contributed by atoms with Crippen molar-refractivity contribution in [1.82, 2.24) is 0 Å². The number of aryl methyl sites for hydroxylation is 2. The van der Waals surface area contributed by atoms with E-state index in [-0.39, 0.29) is 0 Å². The van der Waals surface area contributed by atoms with Crippen LogP contribution in [0.25, 0.3) is 11.0 Å². The number of benzene rings is 1. The zero-order chi connectivity index (χ0) is 9.38. The van der Waals surface area contributed by atoms with Gasteiger partial charge in [0.25, 0.3) is 0 Å². The molecular weight excluding hydrogens is 172 g/mol. The van der Waals surface area contributed by atoms with Crippen LogP contribution in [0.3, 0.4) is 0 Å². The van der Waals surface area contributed by atoms with Gasteiger partial charge in [-0.1, -0.05) is 24.6 Å². The molecule has 0 bridgehead atoms. The highest BCUT2D eigenvalue weighted by atomic mass is 16.3. The van der Waals surface area contributed by atoms with Gasteiger partial charge >= 0.3 is 0 Å². The van der Waals surface area contributed by atoms with Crippen LogP contribution in [0.15, 0.2) is 28.7 Å². The smallest absolute Gasteiger partial charge is 0.134 e. The summed E-state index contributed by atoms with van der Waals surface area (Å²) in [6, 6.07) is 8.40. The molecule has 0 aliphatic heterocycles. The first kappa shape index (κ1) is 8.10. The third-order valence-corrected chi connectivity index (χ3v) is 3.11. The Bertz CT molecular complexity index is 453. The lowest BCUT2D eigenvalue weighted by Crippen LogP contribution is -1.83. The van der Waals surface area contributed by atoms with Crippen LogP contribution in [0.4, 0.5) is 0 Å². The molecule has 1 aromatic heterocycles. The van der Waals surface area contributed by atoms with Crippen LogP contribution < -0.4 is 0 Å². The molecule has 3 rings (SSSR count). The lowest BCUT2D eigenvalue weighted by Gasteiger charge is -1.94. The van der Waals surface area contributed by atoms with E-state index in [9.17, 15) is 0 Å². The normalized spacial score (nSPS) is 16.6. The van der Waals surface area contributed by atoms with Gasteiger partial charge in [-0.2, -0.15) is 0 Å². The molecule has 0 fully saturated rings. The van der Waals surface area contributed by atoms with Crippen molar-refractivity contribution in [1.29, 1.82) is 0 Å². The SMILES string of the molecule is c1ccc2c3c(oc2c1)CCCCC3. The average Bonchev–Trinajstić information content (AvgIpc) is 2.42. The molecule has 1 heterocycles. The van der Waals surface area contributed by atoms with Gasteiger partial charge in [0, 0.05) is 17.4 Å². The van der Waals surface area contributed by atoms with Gasteiger partial charge in [0.05, 0.1) is 0 Å². The molecule has 0 spiro atoms. The Kier molecular flexibility index (Phi) is 1.83. The van der Waals surface area contributed by atoms with Crippen LogP contribution in [0, 0.1) is 0 Å². The molecule has 1 aliphatic rings. The topological polar surface area (TPSA) is 13.1 Å². The highest BCUT2D eigenvalue weighted by Gasteiger charge is 2.15. The van der Waals surface area contributed by atoms with Crippen molar-refractivity contribution in [2.75, 3.05) is 0 Å². The summed E-state index contributed by atoms with van der Waals surface area (Å²) in [6.07, 6.45) is 6.28. The van der Waals surface area contributed by atoms with Gasteiger partial charge in [0.1, 0.15) is 11.3 Å². The fraction of sp³-hybridized carbons (Fsp3) is 0.385. The molecule has 0 radical (unpaired) electrons. The maximum absolute atomic E-state index is 5.87. The predicted molar refractivity (Wildman–Crippen MR) is 57.5 cm³/mol. The molecule has 72 valence electrons. The van der Waals surface area contributed by atoms with Crippen LogP contribution in [0.1, 0.15) is 30.6 Å². The van der Waals surface area contributed by atoms with Gasteiger partial charge < -0.3 is 4.42 Å². The van der Waals surface area contributed by atoms with E-state index in [4.69, 9.17) is 4.42 Å². The minimum Gasteiger partial charge on any atom is -0.461 e. The van der Waals surface area contributed by atoms with E-state index < -0.39 is 0 Å². The number of furan rings is 1. The molecular formula is C13H14O. The summed E-state index contributed by atoms with van der Waals surface area (Å²) < 4.78 is 5.87. The number of hydrogen-bond acceptors (Lipinski definition) is 1. The van der Waals surface area contributed by atoms with Crippen LogP contribution >= 0.6 is 0 Å². The van der Waals surface area contributed by atoms with Crippen molar-refractivity contribution in [3.05, 3.63) is 35.6 Å². The standard InChI is InChI=1S/C13H14O/c1-2-6-10-11-7-4-5-9-13(11)14-12(10)8-3-1/h4-5,7,9H,1-3,6,8H2. The average molecular weight is 186 g/mol. The van der Waals surface area contributed by atoms with Gasteiger partial charge in [-0.15, -0.1) is 0 Å². The summed E-state index contributed by atoms with van der Waals surface area (Å²) in [5, 5.41) is 1.34. The molecule has 0 atom stereocenters. The molecule has 1 aliphatic carbocycles. The van der Waals surface area contributed by atoms with E-state index in [0.717, 1.165) is 12.0 Å². The lowest BCUT2D eigenvalue weighted by molar-refractivity contribution is 0.538. The Hall–Kier alpha value is -1.24. The summed E-state index contributed by atoms with van der Waals surface area (Å²) in [5.74, 6) is 1.24. The van der Waals surface area contributed by atoms with Gasteiger partial charge in [0.2, 0.25) is 0 Å². The molecule has 1 heteroatoms. The van der Waals surface area contributed by atoms with Crippen molar-refractivity contribution in [2.45, 2.75) is 32.1 Å². The van der Waals surface area contributed by atoms with Crippen molar-refractivity contribution in [3.63, 3.8) is 0 Å². The summed E-state index contributed by atoms with van der Waals surface area (Å²) in [6.45, 7) is 0. The Morgan fingerprint density at radius 3 is 2.79 bits per heavy atom. The molecule has 0 amide bonds. The maximum atomic E-state index is 5.87. The van der Waals surface area contributed by atoms with Crippen LogP contribution in [-0.2, 0) is 12.8 Å². The van der Waals surface area contributed by atoms with Crippen molar-refractivity contribution in [2.24, 2.45) is 0 Å². The minimum atomic E-state index is 1.07. The lowest BCUT2D eigenvalue weighted by atomic mass is 10.1. The van der Waals surface area contributed by atoms with E-state index in [1.807, 2.05) is 6.07 Å². The molecule has 0 saturated carbocycles. The number of hydrogen-bond donors (Lipinski definition) is 0. The first-order chi connectivity index (χ1) is 6.95. The van der Waals surface area contributed by atoms with Gasteiger partial charge in [0.15, 0.2) is 0 Å². The summed E-state index contributed by atoms with van der Waals surface area (Å²) in [7, 11) is 0. The minimum absolute atomic E-state index is 1.07. The molecule has 2 aromatic rings. The van der Waals surface area contributed by atoms with Crippen molar-refractivity contribution in [3.8, 4) is 0 Å². The number of rotatable bonds is 0. The van der Waals surface area contributed by atoms with Gasteiger partial charge in [-0.05, 0) is 25.3 Å². The van der Waals surface area contributed by atoms with Gasteiger partial charge in [-0.3, -0.25) is 0 Å². The number of para-hydroxylation sites is 1. The Morgan fingerprint density at radius 2 is 1.79 bits per heavy atom. The number of fused-ring (bicyclic) bond motifs is 3. The fourth-order valence-corrected chi connectivity index (χ4v) is 2.39. The van der Waals surface area contributed by atoms with E-state index in [2.05, 4.69) is 18.2 Å². The van der Waals surface area contributed by atoms with E-state index in [1.54, 1.807) is 0 Å². The second kappa shape index (κ2) is 3.16. The molecule has 1 aromatic carbocycles. The fourth-order valence-electron chi connectivity index (χ4n) is 2.39. The Morgan fingerprint density at radius 1 is 0.929 bits per heavy atom. The molecule has 1 nitrogen and oxygen atoms in total. The van der Waals surface area contributed by atoms with Crippen LogP contribution in [0.2, 0.25) is 0 Å². The maximum Gasteiger partial charge on any atom is 0.134 e. The molecule has 14 heavy (non-hydrogen) atoms. The first-order valence-electron chi connectivity index (χ1n) is 5.44. The van der Waals surface area contributed by atoms with E-state index in [0.29, 0.717) is 0 Å². The third kappa shape index (κ3) is 1.16. The highest BCUT2D eigenvalue weighted by molar-refractivity contribution is 5.82. The quantitative estimate of drug-likeness (QED) is 0.572. The second-order valence-corrected chi connectivity index (χ2v) is 4.06. The zero-order valence-electron chi connectivity index (χ0n) is 8.25. The molecule has 0 N–H and O–H groups in total. The van der Waals surface area contributed by atoms with Crippen molar-refractivity contribution < 1.29 is 4.42 Å². The first-order valence-corrected chi connectivity index (χ1v) is 5.44. The van der Waals surface area contributed by atoms with Crippen LogP contribution in [0.5, 0.6) is 0 Å². The monoisotopic (exact) mass is 186 g/mol. The predicted octanol–water partition coefficient (Wildman–Crippen LogP) is 3.70. The van der Waals surface area contributed by atoms with Gasteiger partial charge in [-0.25, -0.2) is 0 Å². The third-order valence-electron chi connectivity index (χ3n) is 3.11. The largest absolute Gasteiger partial charge is 0.461 e. The molecule has 0 unspecified atom stereocenters. The van der Waals surface area contributed by atoms with E-state index >= 15 is 0 Å².